The molecule has 1 aromatic heterocycles. The number of H-pyrrole nitrogens is 1. The number of amides is 2. The van der Waals surface area contributed by atoms with E-state index in [0.29, 0.717) is 24.9 Å². The van der Waals surface area contributed by atoms with Gasteiger partial charge in [-0.3, -0.25) is 14.4 Å². The summed E-state index contributed by atoms with van der Waals surface area (Å²) in [5.74, 6) is 0.0349. The lowest BCUT2D eigenvalue weighted by Crippen LogP contribution is -2.36. The van der Waals surface area contributed by atoms with Crippen LogP contribution >= 0.6 is 0 Å². The van der Waals surface area contributed by atoms with Gasteiger partial charge in [-0.15, -0.1) is 0 Å². The van der Waals surface area contributed by atoms with Gasteiger partial charge in [0.1, 0.15) is 5.69 Å². The van der Waals surface area contributed by atoms with Crippen LogP contribution < -0.4 is 10.9 Å². The average Bonchev–Trinajstić information content (AvgIpc) is 2.97. The topological polar surface area (TPSA) is 82.3 Å². The molecule has 1 atom stereocenters. The van der Waals surface area contributed by atoms with Gasteiger partial charge in [0.25, 0.3) is 11.5 Å². The van der Waals surface area contributed by atoms with Crippen molar-refractivity contribution in [2.24, 2.45) is 5.92 Å². The van der Waals surface area contributed by atoms with Gasteiger partial charge < -0.3 is 15.2 Å². The summed E-state index contributed by atoms with van der Waals surface area (Å²) in [6, 6.07) is 8.84. The Bertz CT molecular complexity index is 828. The lowest BCUT2D eigenvalue weighted by Gasteiger charge is -2.21. The normalized spacial score (nSPS) is 15.7. The summed E-state index contributed by atoms with van der Waals surface area (Å²) in [6.07, 6.45) is 1.54. The predicted octanol–water partition coefficient (Wildman–Crippen LogP) is 1.52. The van der Waals surface area contributed by atoms with Gasteiger partial charge in [0.05, 0.1) is 0 Å². The summed E-state index contributed by atoms with van der Waals surface area (Å²) >= 11 is 0. The molecule has 2 aromatic rings. The molecule has 2 amide bonds. The minimum Gasteiger partial charge on any atom is -0.350 e. The summed E-state index contributed by atoms with van der Waals surface area (Å²) < 4.78 is 0. The number of carbonyl (C=O) groups excluding carboxylic acids is 2. The number of fused-ring (bicyclic) bond motifs is 1. The Morgan fingerprint density at radius 3 is 2.88 bits per heavy atom. The predicted molar refractivity (Wildman–Crippen MR) is 91.9 cm³/mol. The van der Waals surface area contributed by atoms with Crippen molar-refractivity contribution in [2.75, 3.05) is 19.6 Å². The van der Waals surface area contributed by atoms with Crippen LogP contribution in [0.3, 0.4) is 0 Å². The Morgan fingerprint density at radius 1 is 1.33 bits per heavy atom. The second kappa shape index (κ2) is 6.86. The summed E-state index contributed by atoms with van der Waals surface area (Å²) in [4.78, 5) is 40.4. The highest BCUT2D eigenvalue weighted by molar-refractivity contribution is 5.96. The smallest absolute Gasteiger partial charge is 0.267 e. The largest absolute Gasteiger partial charge is 0.350 e. The molecule has 1 aliphatic heterocycles. The molecule has 0 radical (unpaired) electrons. The number of rotatable bonds is 5. The van der Waals surface area contributed by atoms with Crippen molar-refractivity contribution in [3.8, 4) is 0 Å². The zero-order valence-electron chi connectivity index (χ0n) is 13.7. The second-order valence-electron chi connectivity index (χ2n) is 6.36. The number of hydrogen-bond donors (Lipinski definition) is 2. The Hall–Kier alpha value is -2.63. The molecule has 1 fully saturated rings. The van der Waals surface area contributed by atoms with Gasteiger partial charge in [-0.1, -0.05) is 25.1 Å². The fourth-order valence-corrected chi connectivity index (χ4v) is 3.03. The van der Waals surface area contributed by atoms with Gasteiger partial charge in [0.15, 0.2) is 0 Å². The first kappa shape index (κ1) is 16.2. The average molecular weight is 327 g/mol. The third-order valence-corrected chi connectivity index (χ3v) is 4.31. The molecule has 0 unspecified atom stereocenters. The minimum atomic E-state index is -0.308. The van der Waals surface area contributed by atoms with Crippen LogP contribution in [0.15, 0.2) is 35.1 Å². The molecule has 126 valence electrons. The maximum atomic E-state index is 12.3. The minimum absolute atomic E-state index is 0.156. The molecular formula is C18H21N3O3. The van der Waals surface area contributed by atoms with Crippen molar-refractivity contribution in [1.82, 2.24) is 15.2 Å². The number of likely N-dealkylation sites (tertiary alicyclic amines) is 1. The highest BCUT2D eigenvalue weighted by Crippen LogP contribution is 2.12. The Morgan fingerprint density at radius 2 is 2.12 bits per heavy atom. The third-order valence-electron chi connectivity index (χ3n) is 4.31. The van der Waals surface area contributed by atoms with Gasteiger partial charge in [-0.05, 0) is 29.9 Å². The first-order valence-corrected chi connectivity index (χ1v) is 8.22. The lowest BCUT2D eigenvalue weighted by molar-refractivity contribution is -0.128. The van der Waals surface area contributed by atoms with Crippen molar-refractivity contribution in [2.45, 2.75) is 19.8 Å². The lowest BCUT2D eigenvalue weighted by atomic mass is 10.1. The Kier molecular flexibility index (Phi) is 4.64. The van der Waals surface area contributed by atoms with E-state index in [1.54, 1.807) is 18.2 Å². The molecule has 6 nitrogen and oxygen atoms in total. The van der Waals surface area contributed by atoms with Crippen LogP contribution in [0.5, 0.6) is 0 Å². The highest BCUT2D eigenvalue weighted by Gasteiger charge is 2.22. The molecular weight excluding hydrogens is 306 g/mol. The van der Waals surface area contributed by atoms with E-state index in [0.717, 1.165) is 18.4 Å². The third kappa shape index (κ3) is 3.48. The highest BCUT2D eigenvalue weighted by atomic mass is 16.2. The van der Waals surface area contributed by atoms with Gasteiger partial charge in [-0.25, -0.2) is 0 Å². The number of benzene rings is 1. The fourth-order valence-electron chi connectivity index (χ4n) is 3.03. The number of hydrogen-bond acceptors (Lipinski definition) is 3. The summed E-state index contributed by atoms with van der Waals surface area (Å²) in [6.45, 7) is 3.90. The van der Waals surface area contributed by atoms with Crippen LogP contribution in [-0.2, 0) is 4.79 Å². The summed E-state index contributed by atoms with van der Waals surface area (Å²) in [7, 11) is 0. The van der Waals surface area contributed by atoms with E-state index in [1.807, 2.05) is 24.0 Å². The van der Waals surface area contributed by atoms with Crippen LogP contribution in [0.1, 0.15) is 30.3 Å². The SMILES string of the molecule is C[C@H](CNC(=O)c1cc2ccccc2c(=O)[nH]1)CN1CCCC1=O. The Balaban J connectivity index is 1.62. The van der Waals surface area contributed by atoms with Crippen LogP contribution in [-0.4, -0.2) is 41.3 Å². The molecule has 0 bridgehead atoms. The fraction of sp³-hybridized carbons (Fsp3) is 0.389. The number of nitrogens with zero attached hydrogens (tertiary/aromatic N) is 1. The van der Waals surface area contributed by atoms with Crippen LogP contribution in [0, 0.1) is 5.92 Å². The van der Waals surface area contributed by atoms with E-state index < -0.39 is 0 Å². The van der Waals surface area contributed by atoms with Crippen molar-refractivity contribution in [3.63, 3.8) is 0 Å². The maximum absolute atomic E-state index is 12.3. The zero-order valence-corrected chi connectivity index (χ0v) is 13.7. The van der Waals surface area contributed by atoms with Gasteiger partial charge >= 0.3 is 0 Å². The van der Waals surface area contributed by atoms with Crippen molar-refractivity contribution >= 4 is 22.6 Å². The van der Waals surface area contributed by atoms with E-state index >= 15 is 0 Å². The number of aromatic amines is 1. The van der Waals surface area contributed by atoms with Crippen LogP contribution in [0.25, 0.3) is 10.8 Å². The molecule has 0 spiro atoms. The number of aromatic nitrogens is 1. The molecule has 3 rings (SSSR count). The molecule has 24 heavy (non-hydrogen) atoms. The summed E-state index contributed by atoms with van der Waals surface area (Å²) in [5, 5.41) is 4.14. The van der Waals surface area contributed by atoms with Crippen molar-refractivity contribution in [3.05, 3.63) is 46.4 Å². The standard InChI is InChI=1S/C18H21N3O3/c1-12(11-21-8-4-7-16(21)22)10-19-18(24)15-9-13-5-2-3-6-14(13)17(23)20-15/h2-3,5-6,9,12H,4,7-8,10-11H2,1H3,(H,19,24)(H,20,23)/t12-/m1/s1. The van der Waals surface area contributed by atoms with Gasteiger partial charge in [0, 0.05) is 31.4 Å². The Labute approximate surface area is 139 Å². The van der Waals surface area contributed by atoms with Gasteiger partial charge in [-0.2, -0.15) is 0 Å². The van der Waals surface area contributed by atoms with Crippen molar-refractivity contribution in [1.29, 1.82) is 0 Å². The van der Waals surface area contributed by atoms with E-state index in [9.17, 15) is 14.4 Å². The van der Waals surface area contributed by atoms with E-state index in [4.69, 9.17) is 0 Å². The van der Waals surface area contributed by atoms with Crippen molar-refractivity contribution < 1.29 is 9.59 Å². The number of nitrogens with one attached hydrogen (secondary N) is 2. The summed E-state index contributed by atoms with van der Waals surface area (Å²) in [5.41, 5.74) is -0.0166. The molecule has 0 saturated carbocycles. The first-order valence-electron chi connectivity index (χ1n) is 8.22. The van der Waals surface area contributed by atoms with Crippen LogP contribution in [0.4, 0.5) is 0 Å². The molecule has 1 aliphatic rings. The molecule has 2 heterocycles. The molecule has 0 aliphatic carbocycles. The van der Waals surface area contributed by atoms with Crippen LogP contribution in [0.2, 0.25) is 0 Å². The van der Waals surface area contributed by atoms with Gasteiger partial charge in [0.2, 0.25) is 5.91 Å². The van der Waals surface area contributed by atoms with E-state index in [-0.39, 0.29) is 29.0 Å². The maximum Gasteiger partial charge on any atom is 0.267 e. The van der Waals surface area contributed by atoms with E-state index in [2.05, 4.69) is 10.3 Å². The second-order valence-corrected chi connectivity index (χ2v) is 6.36. The molecule has 2 N–H and O–H groups in total. The number of carbonyl (C=O) groups is 2. The quantitative estimate of drug-likeness (QED) is 0.873. The zero-order chi connectivity index (χ0) is 17.1. The molecule has 1 saturated heterocycles. The molecule has 1 aromatic carbocycles. The number of pyridine rings is 1. The van der Waals surface area contributed by atoms with E-state index in [1.165, 1.54) is 0 Å². The monoisotopic (exact) mass is 327 g/mol. The molecule has 6 heteroatoms. The first-order chi connectivity index (χ1) is 11.5.